The van der Waals surface area contributed by atoms with Crippen LogP contribution < -0.4 is 5.69 Å². The lowest BCUT2D eigenvalue weighted by atomic mass is 10.0. The van der Waals surface area contributed by atoms with Crippen LogP contribution in [0.15, 0.2) is 41.3 Å². The van der Waals surface area contributed by atoms with Gasteiger partial charge >= 0.3 is 5.69 Å². The Hall–Kier alpha value is -3.14. The number of methoxy groups -OCH3 is 1. The third kappa shape index (κ3) is 4.78. The molecule has 36 heavy (non-hydrogen) atoms. The van der Waals surface area contributed by atoms with E-state index >= 15 is 0 Å². The van der Waals surface area contributed by atoms with Gasteiger partial charge in [-0.15, -0.1) is 10.2 Å². The number of pyridine rings is 1. The van der Waals surface area contributed by atoms with Crippen molar-refractivity contribution in [1.82, 2.24) is 29.2 Å². The molecule has 9 heteroatoms. The number of fused-ring (bicyclic) bond motifs is 3. The molecule has 3 aromatic heterocycles. The lowest BCUT2D eigenvalue weighted by Crippen LogP contribution is -2.40. The summed E-state index contributed by atoms with van der Waals surface area (Å²) in [6, 6.07) is 10.1. The predicted octanol–water partition coefficient (Wildman–Crippen LogP) is 3.55. The van der Waals surface area contributed by atoms with Crippen LogP contribution in [0.5, 0.6) is 0 Å². The SMILES string of the molecule is COC1CCCN(CCOCc2ccc(-c3ccc4nnc5c(c4c3)n(C(C)C)c(=O)n5C)cn2)C1. The summed E-state index contributed by atoms with van der Waals surface area (Å²) in [5.41, 5.74) is 4.99. The van der Waals surface area contributed by atoms with Crippen LogP contribution in [0.3, 0.4) is 0 Å². The first kappa shape index (κ1) is 24.5. The summed E-state index contributed by atoms with van der Waals surface area (Å²) >= 11 is 0. The highest BCUT2D eigenvalue weighted by Gasteiger charge is 2.19. The van der Waals surface area contributed by atoms with E-state index in [-0.39, 0.29) is 11.7 Å². The highest BCUT2D eigenvalue weighted by molar-refractivity contribution is 6.02. The number of aryl methyl sites for hydroxylation is 1. The van der Waals surface area contributed by atoms with Crippen LogP contribution >= 0.6 is 0 Å². The number of likely N-dealkylation sites (tertiary alicyclic amines) is 1. The van der Waals surface area contributed by atoms with E-state index in [0.717, 1.165) is 59.3 Å². The summed E-state index contributed by atoms with van der Waals surface area (Å²) in [5, 5.41) is 9.58. The van der Waals surface area contributed by atoms with Crippen LogP contribution in [0.4, 0.5) is 0 Å². The molecule has 1 aromatic carbocycles. The monoisotopic (exact) mass is 490 g/mol. The summed E-state index contributed by atoms with van der Waals surface area (Å²) in [7, 11) is 3.53. The van der Waals surface area contributed by atoms with Gasteiger partial charge in [0.05, 0.1) is 30.5 Å². The molecular formula is C27H34N6O3. The van der Waals surface area contributed by atoms with Gasteiger partial charge in [0.25, 0.3) is 0 Å². The molecule has 0 spiro atoms. The molecule has 0 saturated carbocycles. The van der Waals surface area contributed by atoms with Crippen molar-refractivity contribution in [1.29, 1.82) is 0 Å². The normalized spacial score (nSPS) is 17.0. The minimum absolute atomic E-state index is 0.00882. The van der Waals surface area contributed by atoms with Crippen LogP contribution in [0.1, 0.15) is 38.4 Å². The van der Waals surface area contributed by atoms with Crippen LogP contribution in [0.25, 0.3) is 33.2 Å². The minimum atomic E-state index is -0.0861. The van der Waals surface area contributed by atoms with E-state index < -0.39 is 0 Å². The van der Waals surface area contributed by atoms with E-state index in [0.29, 0.717) is 25.0 Å². The van der Waals surface area contributed by atoms with Crippen molar-refractivity contribution in [3.8, 4) is 11.1 Å². The van der Waals surface area contributed by atoms with Crippen molar-refractivity contribution in [2.45, 2.75) is 45.4 Å². The van der Waals surface area contributed by atoms with Crippen LogP contribution in [0, 0.1) is 0 Å². The smallest absolute Gasteiger partial charge is 0.330 e. The molecule has 1 fully saturated rings. The highest BCUT2D eigenvalue weighted by Crippen LogP contribution is 2.28. The molecule has 1 atom stereocenters. The molecule has 1 aliphatic heterocycles. The van der Waals surface area contributed by atoms with Gasteiger partial charge in [0.2, 0.25) is 0 Å². The summed E-state index contributed by atoms with van der Waals surface area (Å²) in [4.78, 5) is 19.8. The summed E-state index contributed by atoms with van der Waals surface area (Å²) < 4.78 is 14.7. The number of piperidine rings is 1. The van der Waals surface area contributed by atoms with Crippen molar-refractivity contribution < 1.29 is 9.47 Å². The molecule has 9 nitrogen and oxygen atoms in total. The molecule has 0 radical (unpaired) electrons. The highest BCUT2D eigenvalue weighted by atomic mass is 16.5. The molecule has 1 unspecified atom stereocenters. The topological polar surface area (TPSA) is 87.3 Å². The summed E-state index contributed by atoms with van der Waals surface area (Å²) in [6.07, 6.45) is 4.53. The summed E-state index contributed by atoms with van der Waals surface area (Å²) in [6.45, 7) is 8.17. The van der Waals surface area contributed by atoms with Crippen molar-refractivity contribution in [3.63, 3.8) is 0 Å². The van der Waals surface area contributed by atoms with E-state index in [1.807, 2.05) is 38.2 Å². The van der Waals surface area contributed by atoms with Gasteiger partial charge in [-0.1, -0.05) is 12.1 Å². The van der Waals surface area contributed by atoms with Gasteiger partial charge in [-0.2, -0.15) is 0 Å². The van der Waals surface area contributed by atoms with Gasteiger partial charge in [0.1, 0.15) is 5.52 Å². The van der Waals surface area contributed by atoms with E-state index in [9.17, 15) is 4.79 Å². The average molecular weight is 491 g/mol. The fraction of sp³-hybridized carbons (Fsp3) is 0.481. The van der Waals surface area contributed by atoms with Gasteiger partial charge in [0.15, 0.2) is 5.65 Å². The second kappa shape index (κ2) is 10.5. The third-order valence-electron chi connectivity index (χ3n) is 7.04. The second-order valence-corrected chi connectivity index (χ2v) is 9.80. The van der Waals surface area contributed by atoms with Crippen molar-refractivity contribution >= 4 is 22.1 Å². The Morgan fingerprint density at radius 3 is 2.72 bits per heavy atom. The lowest BCUT2D eigenvalue weighted by molar-refractivity contribution is 0.0157. The Balaban J connectivity index is 1.30. The zero-order valence-corrected chi connectivity index (χ0v) is 21.5. The molecule has 0 aliphatic carbocycles. The summed E-state index contributed by atoms with van der Waals surface area (Å²) in [5.74, 6) is 0. The maximum absolute atomic E-state index is 12.8. The largest absolute Gasteiger partial charge is 0.380 e. The predicted molar refractivity (Wildman–Crippen MR) is 140 cm³/mol. The molecule has 1 saturated heterocycles. The van der Waals surface area contributed by atoms with Crippen LogP contribution in [0.2, 0.25) is 0 Å². The number of hydrogen-bond donors (Lipinski definition) is 0. The number of nitrogens with zero attached hydrogens (tertiary/aromatic N) is 6. The Morgan fingerprint density at radius 1 is 1.14 bits per heavy atom. The van der Waals surface area contributed by atoms with Crippen molar-refractivity contribution in [2.75, 3.05) is 33.4 Å². The maximum Gasteiger partial charge on any atom is 0.330 e. The quantitative estimate of drug-likeness (QED) is 0.349. The Kier molecular flexibility index (Phi) is 7.13. The van der Waals surface area contributed by atoms with Crippen molar-refractivity contribution in [3.05, 3.63) is 52.7 Å². The fourth-order valence-electron chi connectivity index (χ4n) is 5.01. The zero-order chi connectivity index (χ0) is 25.2. The maximum atomic E-state index is 12.8. The number of hydrogen-bond acceptors (Lipinski definition) is 7. The zero-order valence-electron chi connectivity index (χ0n) is 21.5. The number of aromatic nitrogens is 5. The number of imidazole rings is 1. The number of rotatable bonds is 8. The first-order valence-electron chi connectivity index (χ1n) is 12.6. The van der Waals surface area contributed by atoms with Crippen LogP contribution in [-0.4, -0.2) is 68.7 Å². The Bertz CT molecular complexity index is 1410. The van der Waals surface area contributed by atoms with Gasteiger partial charge in [0, 0.05) is 50.4 Å². The standard InChI is InChI=1S/C27H34N6O3/c1-18(2)33-25-23-14-19(8-10-24(23)29-30-26(25)31(3)27(33)34)20-7-9-21(28-15-20)17-36-13-12-32-11-5-6-22(16-32)35-4/h7-10,14-15,18,22H,5-6,11-13,16-17H2,1-4H3. The molecule has 4 aromatic rings. The van der Waals surface area contributed by atoms with E-state index in [4.69, 9.17) is 9.47 Å². The number of ether oxygens (including phenoxy) is 2. The van der Waals surface area contributed by atoms with Crippen molar-refractivity contribution in [2.24, 2.45) is 7.05 Å². The van der Waals surface area contributed by atoms with Gasteiger partial charge in [-0.25, -0.2) is 4.79 Å². The molecule has 0 bridgehead atoms. The average Bonchev–Trinajstić information content (AvgIpc) is 3.17. The first-order chi connectivity index (χ1) is 17.5. The lowest BCUT2D eigenvalue weighted by Gasteiger charge is -2.31. The molecule has 4 heterocycles. The van der Waals surface area contributed by atoms with E-state index in [2.05, 4.69) is 32.2 Å². The van der Waals surface area contributed by atoms with Gasteiger partial charge in [-0.3, -0.25) is 19.0 Å². The Morgan fingerprint density at radius 2 is 1.97 bits per heavy atom. The Labute approximate surface area is 210 Å². The molecule has 190 valence electrons. The van der Waals surface area contributed by atoms with E-state index in [1.165, 1.54) is 6.42 Å². The second-order valence-electron chi connectivity index (χ2n) is 9.80. The third-order valence-corrected chi connectivity index (χ3v) is 7.04. The molecule has 1 aliphatic rings. The fourth-order valence-corrected chi connectivity index (χ4v) is 5.01. The molecular weight excluding hydrogens is 456 g/mol. The number of benzene rings is 1. The molecule has 5 rings (SSSR count). The van der Waals surface area contributed by atoms with Crippen LogP contribution in [-0.2, 0) is 23.1 Å². The van der Waals surface area contributed by atoms with E-state index in [1.54, 1.807) is 23.3 Å². The first-order valence-corrected chi connectivity index (χ1v) is 12.6. The molecule has 0 amide bonds. The van der Waals surface area contributed by atoms with Gasteiger partial charge in [-0.05, 0) is 57.0 Å². The minimum Gasteiger partial charge on any atom is -0.380 e. The molecule has 0 N–H and O–H groups in total. The van der Waals surface area contributed by atoms with Gasteiger partial charge < -0.3 is 9.47 Å².